The van der Waals surface area contributed by atoms with Crippen LogP contribution in [0.25, 0.3) is 10.9 Å². The average molecular weight is 442 g/mol. The number of hydrogen-bond donors (Lipinski definition) is 2. The minimum absolute atomic E-state index is 0.143. The van der Waals surface area contributed by atoms with E-state index in [0.717, 1.165) is 26.9 Å². The number of nitrogens with one attached hydrogen (secondary N) is 2. The van der Waals surface area contributed by atoms with Crippen LogP contribution in [0.15, 0.2) is 34.1 Å². The van der Waals surface area contributed by atoms with Crippen molar-refractivity contribution in [2.45, 2.75) is 0 Å². The van der Waals surface area contributed by atoms with E-state index in [1.54, 1.807) is 20.2 Å². The molecule has 128 valence electrons. The lowest BCUT2D eigenvalue weighted by Crippen LogP contribution is -2.27. The Morgan fingerprint density at radius 3 is 2.75 bits per heavy atom. The molecule has 24 heavy (non-hydrogen) atoms. The molecule has 0 aliphatic carbocycles. The summed E-state index contributed by atoms with van der Waals surface area (Å²) in [6.07, 6.45) is 0. The molecule has 1 heterocycles. The van der Waals surface area contributed by atoms with Crippen molar-refractivity contribution in [3.8, 4) is 5.75 Å². The summed E-state index contributed by atoms with van der Waals surface area (Å²) in [5.74, 6) is 0.707. The smallest absolute Gasteiger partial charge is 0.293 e. The van der Waals surface area contributed by atoms with Crippen molar-refractivity contribution in [2.75, 3.05) is 30.4 Å². The van der Waals surface area contributed by atoms with Gasteiger partial charge in [0.2, 0.25) is 0 Å². The van der Waals surface area contributed by atoms with Gasteiger partial charge in [-0.25, -0.2) is 0 Å². The van der Waals surface area contributed by atoms with Crippen LogP contribution in [0, 0.1) is 0 Å². The quantitative estimate of drug-likeness (QED) is 0.319. The van der Waals surface area contributed by atoms with Crippen LogP contribution in [0.4, 0.5) is 5.69 Å². The highest BCUT2D eigenvalue weighted by Crippen LogP contribution is 2.21. The van der Waals surface area contributed by atoms with Crippen LogP contribution in [0.2, 0.25) is 0 Å². The molecule has 2 aromatic rings. The highest BCUT2D eigenvalue weighted by molar-refractivity contribution is 14.1. The lowest BCUT2D eigenvalue weighted by atomic mass is 10.2. The molecule has 0 saturated carbocycles. The largest absolute Gasteiger partial charge is 0.478 e. The van der Waals surface area contributed by atoms with Crippen molar-refractivity contribution in [2.24, 2.45) is 12.0 Å². The first-order chi connectivity index (χ1) is 11.5. The number of anilines is 1. The van der Waals surface area contributed by atoms with Gasteiger partial charge in [-0.05, 0) is 24.3 Å². The topological polar surface area (TPSA) is 84.7 Å². The monoisotopic (exact) mass is 442 g/mol. The Hall–Kier alpha value is -2.10. The number of pyridine rings is 1. The zero-order valence-electron chi connectivity index (χ0n) is 13.7. The second-order valence-corrected chi connectivity index (χ2v) is 5.80. The second kappa shape index (κ2) is 8.13. The Morgan fingerprint density at radius 1 is 1.38 bits per heavy atom. The third kappa shape index (κ3) is 4.05. The number of alkyl halides is 1. The van der Waals surface area contributed by atoms with Gasteiger partial charge in [-0.1, -0.05) is 22.6 Å². The van der Waals surface area contributed by atoms with Crippen molar-refractivity contribution in [1.82, 2.24) is 9.88 Å². The van der Waals surface area contributed by atoms with Crippen molar-refractivity contribution in [1.29, 1.82) is 0 Å². The molecular formula is C16H19IN4O3. The number of benzene rings is 1. The van der Waals surface area contributed by atoms with Crippen molar-refractivity contribution in [3.05, 3.63) is 34.6 Å². The number of hydrogen-bond acceptors (Lipinski definition) is 4. The Labute approximate surface area is 153 Å². The Kier molecular flexibility index (Phi) is 6.18. The molecule has 8 heteroatoms. The molecule has 0 spiro atoms. The van der Waals surface area contributed by atoms with E-state index in [1.165, 1.54) is 11.6 Å². The first kappa shape index (κ1) is 18.2. The van der Waals surface area contributed by atoms with E-state index in [2.05, 4.69) is 38.2 Å². The first-order valence-corrected chi connectivity index (χ1v) is 8.78. The number of rotatable bonds is 5. The summed E-state index contributed by atoms with van der Waals surface area (Å²) in [5.41, 5.74) is 1.37. The molecule has 2 rings (SSSR count). The van der Waals surface area contributed by atoms with Gasteiger partial charge in [0.25, 0.3) is 11.5 Å². The number of aliphatic imine (C=N–C) groups is 1. The third-order valence-corrected chi connectivity index (χ3v) is 4.24. The molecule has 7 nitrogen and oxygen atoms in total. The number of aryl methyl sites for hydroxylation is 1. The van der Waals surface area contributed by atoms with Gasteiger partial charge in [0.05, 0.1) is 9.94 Å². The molecule has 0 saturated heterocycles. The Morgan fingerprint density at radius 2 is 2.12 bits per heavy atom. The minimum Gasteiger partial charge on any atom is -0.478 e. The van der Waals surface area contributed by atoms with Crippen molar-refractivity contribution < 1.29 is 9.53 Å². The van der Waals surface area contributed by atoms with E-state index in [0.29, 0.717) is 0 Å². The molecule has 0 fully saturated rings. The van der Waals surface area contributed by atoms with E-state index < -0.39 is 0 Å². The number of amides is 1. The maximum Gasteiger partial charge on any atom is 0.293 e. The number of carbonyl (C=O) groups is 1. The molecule has 1 aromatic carbocycles. The lowest BCUT2D eigenvalue weighted by molar-refractivity contribution is -0.122. The summed E-state index contributed by atoms with van der Waals surface area (Å²) < 4.78 is 7.62. The number of aromatic nitrogens is 1. The predicted molar refractivity (Wildman–Crippen MR) is 105 cm³/mol. The van der Waals surface area contributed by atoms with Gasteiger partial charge in [-0.3, -0.25) is 14.6 Å². The van der Waals surface area contributed by atoms with E-state index in [-0.39, 0.29) is 23.8 Å². The maximum atomic E-state index is 12.3. The van der Waals surface area contributed by atoms with Gasteiger partial charge >= 0.3 is 0 Å². The number of ether oxygens (including phenoxy) is 1. The fourth-order valence-corrected chi connectivity index (χ4v) is 2.70. The second-order valence-electron chi connectivity index (χ2n) is 5.04. The van der Waals surface area contributed by atoms with E-state index in [9.17, 15) is 9.59 Å². The van der Waals surface area contributed by atoms with Crippen LogP contribution < -0.4 is 20.9 Å². The fourth-order valence-electron chi connectivity index (χ4n) is 2.17. The van der Waals surface area contributed by atoms with Crippen LogP contribution in [-0.2, 0) is 11.8 Å². The third-order valence-electron chi connectivity index (χ3n) is 3.51. The predicted octanol–water partition coefficient (Wildman–Crippen LogP) is 1.54. The number of likely N-dealkylation sites (N-methyl/N-ethyl adjacent to an activating group) is 1. The average Bonchev–Trinajstić information content (AvgIpc) is 2.60. The molecule has 1 amide bonds. The molecule has 0 atom stereocenters. The number of halogens is 1. The van der Waals surface area contributed by atoms with Gasteiger partial charge in [-0.15, -0.1) is 0 Å². The van der Waals surface area contributed by atoms with Crippen LogP contribution in [0.1, 0.15) is 0 Å². The molecular weight excluding hydrogens is 423 g/mol. The highest BCUT2D eigenvalue weighted by Gasteiger charge is 2.10. The Balaban J connectivity index is 2.41. The number of carbonyl (C=O) groups excluding carboxylic acids is 1. The molecule has 0 aliphatic rings. The van der Waals surface area contributed by atoms with E-state index >= 15 is 0 Å². The van der Waals surface area contributed by atoms with Gasteiger partial charge in [-0.2, -0.15) is 0 Å². The fraction of sp³-hybridized carbons (Fsp3) is 0.312. The van der Waals surface area contributed by atoms with Gasteiger partial charge in [0.1, 0.15) is 5.84 Å². The first-order valence-electron chi connectivity index (χ1n) is 7.26. The van der Waals surface area contributed by atoms with Crippen LogP contribution in [0.3, 0.4) is 0 Å². The highest BCUT2D eigenvalue weighted by atomic mass is 127. The number of nitrogens with zero attached hydrogens (tertiary/aromatic N) is 2. The van der Waals surface area contributed by atoms with Gasteiger partial charge in [0.15, 0.2) is 12.4 Å². The molecule has 0 aliphatic heterocycles. The van der Waals surface area contributed by atoms with Crippen LogP contribution in [-0.4, -0.2) is 41.4 Å². The number of amidine groups is 1. The zero-order valence-corrected chi connectivity index (χ0v) is 15.9. The molecule has 1 aromatic heterocycles. The molecule has 2 N–H and O–H groups in total. The van der Waals surface area contributed by atoms with Crippen molar-refractivity contribution >= 4 is 50.9 Å². The van der Waals surface area contributed by atoms with Gasteiger partial charge < -0.3 is 19.9 Å². The summed E-state index contributed by atoms with van der Waals surface area (Å²) >= 11 is 2.23. The molecule has 0 unspecified atom stereocenters. The Bertz CT molecular complexity index is 845. The van der Waals surface area contributed by atoms with Crippen molar-refractivity contribution in [3.63, 3.8) is 0 Å². The van der Waals surface area contributed by atoms with E-state index in [1.807, 2.05) is 18.2 Å². The number of fused-ring (bicyclic) bond motifs is 1. The van der Waals surface area contributed by atoms with Crippen LogP contribution in [0.5, 0.6) is 5.75 Å². The van der Waals surface area contributed by atoms with Gasteiger partial charge in [0, 0.05) is 32.2 Å². The summed E-state index contributed by atoms with van der Waals surface area (Å²) in [5, 5.41) is 6.52. The normalized spacial score (nSPS) is 11.4. The lowest BCUT2D eigenvalue weighted by Gasteiger charge is -2.12. The van der Waals surface area contributed by atoms with E-state index in [4.69, 9.17) is 4.74 Å². The summed E-state index contributed by atoms with van der Waals surface area (Å²) in [6.45, 7) is -0.198. The zero-order chi connectivity index (χ0) is 17.7. The summed E-state index contributed by atoms with van der Waals surface area (Å²) in [6, 6.07) is 7.32. The standard InChI is InChI=1S/C16H19IN4O3/c1-18-14(8-17)20-11-4-5-12-10(6-11)7-13(16(23)21(12)3)24-9-15(22)19-2/h4-7H,8-9H2,1-3H3,(H,18,20)(H,19,22). The minimum atomic E-state index is -0.293. The maximum absolute atomic E-state index is 12.3. The summed E-state index contributed by atoms with van der Waals surface area (Å²) in [7, 11) is 4.92. The SMILES string of the molecule is CN=C(CI)Nc1ccc2c(c1)cc(OCC(=O)NC)c(=O)n2C. The molecule has 0 radical (unpaired) electrons. The van der Waals surface area contributed by atoms with Crippen LogP contribution >= 0.6 is 22.6 Å². The molecule has 0 bridgehead atoms. The summed E-state index contributed by atoms with van der Waals surface area (Å²) in [4.78, 5) is 27.8.